The molecule has 0 aliphatic carbocycles. The minimum Gasteiger partial charge on any atom is -0.495 e. The van der Waals surface area contributed by atoms with Crippen molar-refractivity contribution in [1.29, 1.82) is 0 Å². The van der Waals surface area contributed by atoms with E-state index in [-0.39, 0.29) is 17.5 Å². The van der Waals surface area contributed by atoms with E-state index in [1.165, 1.54) is 18.4 Å². The number of likely N-dealkylation sites (tertiary alicyclic amines) is 1. The Labute approximate surface area is 165 Å². The Morgan fingerprint density at radius 2 is 2.07 bits per heavy atom. The van der Waals surface area contributed by atoms with E-state index in [0.29, 0.717) is 27.8 Å². The van der Waals surface area contributed by atoms with Gasteiger partial charge in [0.1, 0.15) is 11.4 Å². The molecule has 4 rings (SSSR count). The second-order valence-corrected chi connectivity index (χ2v) is 7.24. The van der Waals surface area contributed by atoms with Gasteiger partial charge in [-0.25, -0.2) is 4.98 Å². The van der Waals surface area contributed by atoms with E-state index in [9.17, 15) is 9.59 Å². The average molecular weight is 397 g/mol. The molecule has 0 radical (unpaired) electrons. The number of nitrogens with zero attached hydrogens (tertiary/aromatic N) is 2. The molecule has 144 valence electrons. The molecule has 0 unspecified atom stereocenters. The molecule has 28 heavy (non-hydrogen) atoms. The highest BCUT2D eigenvalue weighted by molar-refractivity contribution is 7.13. The van der Waals surface area contributed by atoms with Gasteiger partial charge in [0.2, 0.25) is 0 Å². The van der Waals surface area contributed by atoms with Gasteiger partial charge in [-0.2, -0.15) is 0 Å². The zero-order chi connectivity index (χ0) is 19.5. The number of carbonyl (C=O) groups is 2. The number of thiazole rings is 1. The molecule has 2 aromatic heterocycles. The summed E-state index contributed by atoms with van der Waals surface area (Å²) in [6.45, 7) is 1.53. The minimum atomic E-state index is -0.377. The molecule has 1 N–H and O–H groups in total. The molecule has 0 atom stereocenters. The highest BCUT2D eigenvalue weighted by Crippen LogP contribution is 2.28. The van der Waals surface area contributed by atoms with E-state index in [1.54, 1.807) is 42.0 Å². The molecular weight excluding hydrogens is 378 g/mol. The maximum absolute atomic E-state index is 12.7. The highest BCUT2D eigenvalue weighted by atomic mass is 32.1. The lowest BCUT2D eigenvalue weighted by molar-refractivity contribution is 0.0792. The van der Waals surface area contributed by atoms with Crippen LogP contribution in [0.2, 0.25) is 0 Å². The molecule has 1 aliphatic rings. The molecular formula is C20H19N3O4S. The van der Waals surface area contributed by atoms with Crippen LogP contribution in [0.4, 0.5) is 5.69 Å². The Kier molecular flexibility index (Phi) is 5.12. The summed E-state index contributed by atoms with van der Waals surface area (Å²) in [5.74, 6) is 0.676. The summed E-state index contributed by atoms with van der Waals surface area (Å²) in [6.07, 6.45) is 3.60. The summed E-state index contributed by atoms with van der Waals surface area (Å²) < 4.78 is 10.6. The largest absolute Gasteiger partial charge is 0.495 e. The Bertz CT molecular complexity index is 991. The lowest BCUT2D eigenvalue weighted by Gasteiger charge is -2.17. The first kappa shape index (κ1) is 18.2. The van der Waals surface area contributed by atoms with Gasteiger partial charge in [0.25, 0.3) is 11.8 Å². The Morgan fingerprint density at radius 3 is 2.79 bits per heavy atom. The molecule has 0 spiro atoms. The van der Waals surface area contributed by atoms with Crippen molar-refractivity contribution in [1.82, 2.24) is 9.88 Å². The number of rotatable bonds is 5. The second kappa shape index (κ2) is 7.85. The van der Waals surface area contributed by atoms with Gasteiger partial charge < -0.3 is 19.4 Å². The van der Waals surface area contributed by atoms with Crippen LogP contribution in [0, 0.1) is 0 Å². The van der Waals surface area contributed by atoms with Gasteiger partial charge in [-0.1, -0.05) is 0 Å². The molecule has 3 heterocycles. The van der Waals surface area contributed by atoms with E-state index in [4.69, 9.17) is 9.15 Å². The second-order valence-electron chi connectivity index (χ2n) is 6.38. The van der Waals surface area contributed by atoms with Gasteiger partial charge in [-0.15, -0.1) is 11.3 Å². The molecule has 0 bridgehead atoms. The fourth-order valence-corrected chi connectivity index (χ4v) is 3.89. The van der Waals surface area contributed by atoms with Crippen molar-refractivity contribution >= 4 is 28.8 Å². The van der Waals surface area contributed by atoms with E-state index in [0.717, 1.165) is 25.9 Å². The van der Waals surface area contributed by atoms with Gasteiger partial charge in [0.15, 0.2) is 10.8 Å². The number of methoxy groups -OCH3 is 1. The summed E-state index contributed by atoms with van der Waals surface area (Å²) in [5.41, 5.74) is 1.23. The van der Waals surface area contributed by atoms with E-state index < -0.39 is 0 Å². The fraction of sp³-hybridized carbons (Fsp3) is 0.250. The number of amides is 2. The normalized spacial score (nSPS) is 13.5. The lowest BCUT2D eigenvalue weighted by atomic mass is 10.1. The molecule has 1 saturated heterocycles. The van der Waals surface area contributed by atoms with E-state index in [1.807, 2.05) is 4.90 Å². The van der Waals surface area contributed by atoms with Crippen molar-refractivity contribution in [2.24, 2.45) is 0 Å². The van der Waals surface area contributed by atoms with Gasteiger partial charge in [-0.3, -0.25) is 9.59 Å². The number of hydrogen-bond acceptors (Lipinski definition) is 6. The van der Waals surface area contributed by atoms with Crippen LogP contribution in [0.3, 0.4) is 0 Å². The third-order valence-corrected chi connectivity index (χ3v) is 5.41. The van der Waals surface area contributed by atoms with Crippen molar-refractivity contribution in [3.8, 4) is 16.5 Å². The summed E-state index contributed by atoms with van der Waals surface area (Å²) in [5, 5.41) is 5.09. The van der Waals surface area contributed by atoms with Crippen LogP contribution >= 0.6 is 11.3 Å². The molecule has 2 amide bonds. The lowest BCUT2D eigenvalue weighted by Crippen LogP contribution is -2.27. The predicted octanol–water partition coefficient (Wildman–Crippen LogP) is 3.90. The quantitative estimate of drug-likeness (QED) is 0.706. The third kappa shape index (κ3) is 3.63. The van der Waals surface area contributed by atoms with Gasteiger partial charge >= 0.3 is 0 Å². The molecule has 8 heteroatoms. The van der Waals surface area contributed by atoms with E-state index >= 15 is 0 Å². The Morgan fingerprint density at radius 1 is 1.25 bits per heavy atom. The van der Waals surface area contributed by atoms with E-state index in [2.05, 4.69) is 10.3 Å². The first-order valence-electron chi connectivity index (χ1n) is 8.94. The van der Waals surface area contributed by atoms with Crippen molar-refractivity contribution in [3.05, 3.63) is 53.2 Å². The van der Waals surface area contributed by atoms with Crippen molar-refractivity contribution in [2.45, 2.75) is 12.8 Å². The number of benzene rings is 1. The van der Waals surface area contributed by atoms with Gasteiger partial charge in [-0.05, 0) is 43.2 Å². The minimum absolute atomic E-state index is 0.0376. The Balaban J connectivity index is 1.55. The number of carbonyl (C=O) groups excluding carboxylic acids is 2. The summed E-state index contributed by atoms with van der Waals surface area (Å²) in [4.78, 5) is 31.4. The highest BCUT2D eigenvalue weighted by Gasteiger charge is 2.21. The first-order valence-corrected chi connectivity index (χ1v) is 9.82. The summed E-state index contributed by atoms with van der Waals surface area (Å²) >= 11 is 1.32. The standard InChI is InChI=1S/C20H19N3O4S/c1-26-16-7-6-13(20(25)23-8-2-3-9-23)11-14(16)21-18(24)15-12-28-19(22-15)17-5-4-10-27-17/h4-7,10-12H,2-3,8-9H2,1H3,(H,21,24). The first-order chi connectivity index (χ1) is 13.7. The monoisotopic (exact) mass is 397 g/mol. The maximum atomic E-state index is 12.7. The number of anilines is 1. The average Bonchev–Trinajstić information content (AvgIpc) is 3.49. The van der Waals surface area contributed by atoms with Crippen LogP contribution in [0.1, 0.15) is 33.7 Å². The van der Waals surface area contributed by atoms with Gasteiger partial charge in [0, 0.05) is 24.0 Å². The van der Waals surface area contributed by atoms with Crippen LogP contribution in [0.5, 0.6) is 5.75 Å². The van der Waals surface area contributed by atoms with Crippen molar-refractivity contribution in [2.75, 3.05) is 25.5 Å². The number of aromatic nitrogens is 1. The van der Waals surface area contributed by atoms with Crippen LogP contribution in [0.25, 0.3) is 10.8 Å². The Hall–Kier alpha value is -3.13. The zero-order valence-electron chi connectivity index (χ0n) is 15.3. The SMILES string of the molecule is COc1ccc(C(=O)N2CCCC2)cc1NC(=O)c1csc(-c2ccco2)n1. The third-order valence-electron chi connectivity index (χ3n) is 4.56. The fourth-order valence-electron chi connectivity index (χ4n) is 3.12. The zero-order valence-corrected chi connectivity index (χ0v) is 16.1. The number of nitrogens with one attached hydrogen (secondary N) is 1. The number of ether oxygens (including phenoxy) is 1. The number of furan rings is 1. The smallest absolute Gasteiger partial charge is 0.275 e. The summed E-state index contributed by atoms with van der Waals surface area (Å²) in [6, 6.07) is 8.61. The molecule has 1 aliphatic heterocycles. The predicted molar refractivity (Wildman–Crippen MR) is 106 cm³/mol. The van der Waals surface area contributed by atoms with Crippen LogP contribution in [-0.2, 0) is 0 Å². The molecule has 7 nitrogen and oxygen atoms in total. The van der Waals surface area contributed by atoms with Crippen molar-refractivity contribution in [3.63, 3.8) is 0 Å². The summed E-state index contributed by atoms with van der Waals surface area (Å²) in [7, 11) is 1.52. The molecule has 0 saturated carbocycles. The van der Waals surface area contributed by atoms with Gasteiger partial charge in [0.05, 0.1) is 19.1 Å². The van der Waals surface area contributed by atoms with Crippen LogP contribution < -0.4 is 10.1 Å². The molecule has 1 aromatic carbocycles. The van der Waals surface area contributed by atoms with Crippen LogP contribution in [-0.4, -0.2) is 41.9 Å². The topological polar surface area (TPSA) is 84.7 Å². The molecule has 3 aromatic rings. The number of hydrogen-bond donors (Lipinski definition) is 1. The maximum Gasteiger partial charge on any atom is 0.275 e. The van der Waals surface area contributed by atoms with Crippen molar-refractivity contribution < 1.29 is 18.7 Å². The molecule has 1 fully saturated rings. The van der Waals surface area contributed by atoms with Crippen LogP contribution in [0.15, 0.2) is 46.4 Å².